The van der Waals surface area contributed by atoms with Gasteiger partial charge in [0.25, 0.3) is 0 Å². The van der Waals surface area contributed by atoms with Crippen molar-refractivity contribution >= 4 is 39.6 Å². The maximum absolute atomic E-state index is 13.5. The van der Waals surface area contributed by atoms with Crippen molar-refractivity contribution in [3.8, 4) is 0 Å². The quantitative estimate of drug-likeness (QED) is 0.748. The van der Waals surface area contributed by atoms with E-state index in [0.29, 0.717) is 9.37 Å². The van der Waals surface area contributed by atoms with Crippen LogP contribution in [0.2, 0.25) is 0 Å². The fourth-order valence-corrected chi connectivity index (χ4v) is 1.64. The molecule has 9 heteroatoms. The SMILES string of the molecule is O=C(O)CN(CC(=O)O)C(=O)Nc1ccc(Br)cc1F. The van der Waals surface area contributed by atoms with E-state index in [-0.39, 0.29) is 5.69 Å². The lowest BCUT2D eigenvalue weighted by atomic mass is 10.3. The van der Waals surface area contributed by atoms with E-state index in [4.69, 9.17) is 10.2 Å². The Morgan fingerprint density at radius 3 is 2.20 bits per heavy atom. The number of rotatable bonds is 5. The van der Waals surface area contributed by atoms with Crippen molar-refractivity contribution in [1.29, 1.82) is 0 Å². The van der Waals surface area contributed by atoms with Crippen molar-refractivity contribution in [3.63, 3.8) is 0 Å². The number of aliphatic carboxylic acids is 2. The molecule has 0 aliphatic rings. The van der Waals surface area contributed by atoms with Crippen LogP contribution in [0.3, 0.4) is 0 Å². The predicted molar refractivity (Wildman–Crippen MR) is 70.0 cm³/mol. The number of carboxylic acids is 2. The van der Waals surface area contributed by atoms with Gasteiger partial charge in [0.1, 0.15) is 18.9 Å². The Kier molecular flexibility index (Phi) is 5.44. The van der Waals surface area contributed by atoms with Crippen LogP contribution in [0, 0.1) is 5.82 Å². The maximum Gasteiger partial charge on any atom is 0.323 e. The molecule has 1 aromatic carbocycles. The van der Waals surface area contributed by atoms with Crippen LogP contribution in [-0.2, 0) is 9.59 Å². The molecule has 3 N–H and O–H groups in total. The molecule has 0 fully saturated rings. The summed E-state index contributed by atoms with van der Waals surface area (Å²) >= 11 is 3.04. The molecule has 1 rings (SSSR count). The van der Waals surface area contributed by atoms with Crippen molar-refractivity contribution in [3.05, 3.63) is 28.5 Å². The minimum Gasteiger partial charge on any atom is -0.480 e. The Hall–Kier alpha value is -2.16. The second kappa shape index (κ2) is 6.85. The first kappa shape index (κ1) is 15.9. The third kappa shape index (κ3) is 4.84. The Bertz CT molecular complexity index is 536. The van der Waals surface area contributed by atoms with Crippen LogP contribution in [0.1, 0.15) is 0 Å². The van der Waals surface area contributed by atoms with Crippen molar-refractivity contribution in [2.45, 2.75) is 0 Å². The number of halogens is 2. The van der Waals surface area contributed by atoms with E-state index >= 15 is 0 Å². The van der Waals surface area contributed by atoms with Gasteiger partial charge in [0, 0.05) is 4.47 Å². The van der Waals surface area contributed by atoms with Crippen molar-refractivity contribution < 1.29 is 29.0 Å². The molecule has 1 aromatic rings. The van der Waals surface area contributed by atoms with Gasteiger partial charge in [0.2, 0.25) is 0 Å². The van der Waals surface area contributed by atoms with Gasteiger partial charge in [0.05, 0.1) is 5.69 Å². The number of benzene rings is 1. The summed E-state index contributed by atoms with van der Waals surface area (Å²) in [4.78, 5) is 33.4. The molecule has 0 heterocycles. The van der Waals surface area contributed by atoms with Crippen LogP contribution in [0.25, 0.3) is 0 Å². The van der Waals surface area contributed by atoms with Crippen LogP contribution in [-0.4, -0.2) is 46.2 Å². The van der Waals surface area contributed by atoms with Crippen LogP contribution >= 0.6 is 15.9 Å². The number of hydrogen-bond acceptors (Lipinski definition) is 3. The van der Waals surface area contributed by atoms with E-state index in [1.165, 1.54) is 12.1 Å². The minimum absolute atomic E-state index is 0.182. The highest BCUT2D eigenvalue weighted by Gasteiger charge is 2.20. The van der Waals surface area contributed by atoms with Gasteiger partial charge in [-0.15, -0.1) is 0 Å². The summed E-state index contributed by atoms with van der Waals surface area (Å²) < 4.78 is 14.0. The average Bonchev–Trinajstić information content (AvgIpc) is 2.30. The predicted octanol–water partition coefficient (Wildman–Crippen LogP) is 1.59. The average molecular weight is 349 g/mol. The van der Waals surface area contributed by atoms with Gasteiger partial charge in [-0.1, -0.05) is 15.9 Å². The molecule has 0 spiro atoms. The highest BCUT2D eigenvalue weighted by molar-refractivity contribution is 9.10. The molecule has 0 radical (unpaired) electrons. The second-order valence-electron chi connectivity index (χ2n) is 3.70. The Balaban J connectivity index is 2.84. The zero-order valence-electron chi connectivity index (χ0n) is 9.97. The van der Waals surface area contributed by atoms with E-state index in [1.54, 1.807) is 0 Å². The summed E-state index contributed by atoms with van der Waals surface area (Å²) in [6, 6.07) is 2.82. The van der Waals surface area contributed by atoms with Crippen LogP contribution in [0.5, 0.6) is 0 Å². The number of carbonyl (C=O) groups is 3. The molecular formula is C11H10BrFN2O5. The Labute approximate surface area is 121 Å². The summed E-state index contributed by atoms with van der Waals surface area (Å²) in [6.07, 6.45) is 0. The lowest BCUT2D eigenvalue weighted by Crippen LogP contribution is -2.42. The van der Waals surface area contributed by atoms with E-state index < -0.39 is 36.9 Å². The number of amides is 2. The van der Waals surface area contributed by atoms with Crippen molar-refractivity contribution in [2.24, 2.45) is 0 Å². The summed E-state index contributed by atoms with van der Waals surface area (Å²) in [5.41, 5.74) is -0.182. The first-order chi connectivity index (χ1) is 9.29. The molecule has 108 valence electrons. The van der Waals surface area contributed by atoms with Gasteiger partial charge in [-0.2, -0.15) is 0 Å². The summed E-state index contributed by atoms with van der Waals surface area (Å²) in [7, 11) is 0. The number of anilines is 1. The molecule has 0 bridgehead atoms. The molecule has 7 nitrogen and oxygen atoms in total. The largest absolute Gasteiger partial charge is 0.480 e. The summed E-state index contributed by atoms with van der Waals surface area (Å²) in [5.74, 6) is -3.49. The molecule has 0 saturated carbocycles. The van der Waals surface area contributed by atoms with Gasteiger partial charge >= 0.3 is 18.0 Å². The molecule has 0 unspecified atom stereocenters. The molecule has 20 heavy (non-hydrogen) atoms. The summed E-state index contributed by atoms with van der Waals surface area (Å²) in [6.45, 7) is -1.62. The zero-order valence-corrected chi connectivity index (χ0v) is 11.6. The minimum atomic E-state index is -1.38. The van der Waals surface area contributed by atoms with E-state index in [2.05, 4.69) is 21.2 Å². The van der Waals surface area contributed by atoms with E-state index in [0.717, 1.165) is 6.07 Å². The van der Waals surface area contributed by atoms with Crippen LogP contribution < -0.4 is 5.32 Å². The molecule has 0 atom stereocenters. The lowest BCUT2D eigenvalue weighted by molar-refractivity contribution is -0.140. The maximum atomic E-state index is 13.5. The monoisotopic (exact) mass is 348 g/mol. The Morgan fingerprint density at radius 2 is 1.75 bits per heavy atom. The summed E-state index contributed by atoms with van der Waals surface area (Å²) in [5, 5.41) is 19.3. The molecule has 0 aliphatic heterocycles. The smallest absolute Gasteiger partial charge is 0.323 e. The number of urea groups is 1. The van der Waals surface area contributed by atoms with Gasteiger partial charge < -0.3 is 20.4 Å². The van der Waals surface area contributed by atoms with Crippen LogP contribution in [0.4, 0.5) is 14.9 Å². The molecule has 0 aromatic heterocycles. The molecular weight excluding hydrogens is 339 g/mol. The number of nitrogens with zero attached hydrogens (tertiary/aromatic N) is 1. The highest BCUT2D eigenvalue weighted by atomic mass is 79.9. The number of nitrogens with one attached hydrogen (secondary N) is 1. The first-order valence-corrected chi connectivity index (χ1v) is 6.03. The van der Waals surface area contributed by atoms with Gasteiger partial charge in [0.15, 0.2) is 0 Å². The number of hydrogen-bond donors (Lipinski definition) is 3. The van der Waals surface area contributed by atoms with Gasteiger partial charge in [-0.25, -0.2) is 9.18 Å². The number of carboxylic acid groups (broad SMARTS) is 2. The molecule has 0 saturated heterocycles. The fraction of sp³-hybridized carbons (Fsp3) is 0.182. The Morgan fingerprint density at radius 1 is 1.20 bits per heavy atom. The first-order valence-electron chi connectivity index (χ1n) is 5.24. The van der Waals surface area contributed by atoms with Crippen molar-refractivity contribution in [2.75, 3.05) is 18.4 Å². The second-order valence-corrected chi connectivity index (χ2v) is 4.61. The van der Waals surface area contributed by atoms with Crippen molar-refractivity contribution in [1.82, 2.24) is 4.90 Å². The van der Waals surface area contributed by atoms with Gasteiger partial charge in [-0.05, 0) is 18.2 Å². The van der Waals surface area contributed by atoms with Crippen LogP contribution in [0.15, 0.2) is 22.7 Å². The topological polar surface area (TPSA) is 107 Å². The number of carbonyl (C=O) groups excluding carboxylic acids is 1. The highest BCUT2D eigenvalue weighted by Crippen LogP contribution is 2.19. The van der Waals surface area contributed by atoms with Gasteiger partial charge in [-0.3, -0.25) is 9.59 Å². The molecule has 0 aliphatic carbocycles. The fourth-order valence-electron chi connectivity index (χ4n) is 1.31. The van der Waals surface area contributed by atoms with E-state index in [9.17, 15) is 18.8 Å². The third-order valence-electron chi connectivity index (χ3n) is 2.11. The third-order valence-corrected chi connectivity index (χ3v) is 2.61. The molecule has 2 amide bonds. The normalized spacial score (nSPS) is 9.90. The standard InChI is InChI=1S/C11H10BrFN2O5/c12-6-1-2-8(7(13)3-6)14-11(20)15(4-9(16)17)5-10(18)19/h1-3H,4-5H2,(H,14,20)(H,16,17)(H,18,19). The lowest BCUT2D eigenvalue weighted by Gasteiger charge is -2.19. The van der Waals surface area contributed by atoms with E-state index in [1.807, 2.05) is 0 Å². The zero-order chi connectivity index (χ0) is 15.3.